The number of anilines is 1. The van der Waals surface area contributed by atoms with Crippen LogP contribution in [0.5, 0.6) is 0 Å². The molecule has 5 nitrogen and oxygen atoms in total. The maximum Gasteiger partial charge on any atom is 0.272 e. The second-order valence-electron chi connectivity index (χ2n) is 4.84. The first-order valence-corrected chi connectivity index (χ1v) is 8.29. The number of carbonyl (C=O) groups is 1. The minimum atomic E-state index is -0.117. The van der Waals surface area contributed by atoms with Crippen LogP contribution < -0.4 is 10.6 Å². The summed E-state index contributed by atoms with van der Waals surface area (Å²) in [5, 5.41) is 14.7. The van der Waals surface area contributed by atoms with Crippen LogP contribution in [0.2, 0.25) is 0 Å². The average molecular weight is 294 g/mol. The molecule has 1 saturated carbocycles. The van der Waals surface area contributed by atoms with Crippen molar-refractivity contribution >= 4 is 23.5 Å². The molecule has 2 N–H and O–H groups in total. The second-order valence-corrected chi connectivity index (χ2v) is 6.35. The summed E-state index contributed by atoms with van der Waals surface area (Å²) in [6, 6.07) is 3.78. The highest BCUT2D eigenvalue weighted by atomic mass is 32.2. The minimum absolute atomic E-state index is 0.117. The lowest BCUT2D eigenvalue weighted by molar-refractivity contribution is 0.0932. The number of hydrogen-bond donors (Lipinski definition) is 2. The quantitative estimate of drug-likeness (QED) is 0.843. The fourth-order valence-corrected chi connectivity index (χ4v) is 3.67. The van der Waals surface area contributed by atoms with Crippen molar-refractivity contribution in [3.05, 3.63) is 17.8 Å². The van der Waals surface area contributed by atoms with Crippen LogP contribution in [0.15, 0.2) is 12.1 Å². The third kappa shape index (κ3) is 3.85. The summed E-state index contributed by atoms with van der Waals surface area (Å²) >= 11 is 1.93. The molecule has 2 rings (SSSR count). The topological polar surface area (TPSA) is 66.9 Å². The van der Waals surface area contributed by atoms with Gasteiger partial charge in [0.2, 0.25) is 0 Å². The Morgan fingerprint density at radius 2 is 2.20 bits per heavy atom. The predicted molar refractivity (Wildman–Crippen MR) is 83.2 cm³/mol. The van der Waals surface area contributed by atoms with Crippen molar-refractivity contribution < 1.29 is 4.79 Å². The Morgan fingerprint density at radius 3 is 2.85 bits per heavy atom. The number of carbonyl (C=O) groups excluding carboxylic acids is 1. The number of nitrogens with zero attached hydrogens (tertiary/aromatic N) is 2. The van der Waals surface area contributed by atoms with E-state index < -0.39 is 0 Å². The van der Waals surface area contributed by atoms with Crippen molar-refractivity contribution in [1.29, 1.82) is 0 Å². The molecule has 1 aromatic heterocycles. The van der Waals surface area contributed by atoms with Crippen LogP contribution in [0.25, 0.3) is 0 Å². The Balaban J connectivity index is 1.93. The Morgan fingerprint density at radius 1 is 1.35 bits per heavy atom. The van der Waals surface area contributed by atoms with E-state index in [1.165, 1.54) is 12.8 Å². The fraction of sp³-hybridized carbons (Fsp3) is 0.643. The van der Waals surface area contributed by atoms with E-state index in [2.05, 4.69) is 27.8 Å². The molecular weight excluding hydrogens is 272 g/mol. The Bertz CT molecular complexity index is 437. The molecule has 0 radical (unpaired) electrons. The molecule has 6 heteroatoms. The largest absolute Gasteiger partial charge is 0.369 e. The monoisotopic (exact) mass is 294 g/mol. The zero-order valence-electron chi connectivity index (χ0n) is 12.1. The highest BCUT2D eigenvalue weighted by Gasteiger charge is 2.28. The standard InChI is InChI=1S/C14H22N4OS/c1-3-15-13-9-8-11(17-18-13)14(19)16-10-6-5-7-12(10)20-4-2/h8-10,12H,3-7H2,1-2H3,(H,15,18)(H,16,19). The van der Waals surface area contributed by atoms with Gasteiger partial charge in [0.05, 0.1) is 0 Å². The van der Waals surface area contributed by atoms with E-state index in [0.29, 0.717) is 16.8 Å². The zero-order valence-corrected chi connectivity index (χ0v) is 12.9. The summed E-state index contributed by atoms with van der Waals surface area (Å²) in [6.45, 7) is 4.94. The summed E-state index contributed by atoms with van der Waals surface area (Å²) in [4.78, 5) is 12.2. The maximum atomic E-state index is 12.2. The summed E-state index contributed by atoms with van der Waals surface area (Å²) in [5.74, 6) is 1.67. The molecule has 2 unspecified atom stereocenters. The smallest absolute Gasteiger partial charge is 0.272 e. The number of amides is 1. The van der Waals surface area contributed by atoms with Gasteiger partial charge in [-0.05, 0) is 37.7 Å². The van der Waals surface area contributed by atoms with Gasteiger partial charge in [-0.25, -0.2) is 0 Å². The summed E-state index contributed by atoms with van der Waals surface area (Å²) in [7, 11) is 0. The molecule has 0 aliphatic heterocycles. The van der Waals surface area contributed by atoms with E-state index in [-0.39, 0.29) is 11.9 Å². The Labute approximate surface area is 124 Å². The van der Waals surface area contributed by atoms with Gasteiger partial charge >= 0.3 is 0 Å². The summed E-state index contributed by atoms with van der Waals surface area (Å²) < 4.78 is 0. The molecule has 1 aromatic rings. The van der Waals surface area contributed by atoms with Crippen LogP contribution in [0, 0.1) is 0 Å². The normalized spacial score (nSPS) is 21.7. The van der Waals surface area contributed by atoms with Crippen molar-refractivity contribution in [2.45, 2.75) is 44.4 Å². The van der Waals surface area contributed by atoms with Gasteiger partial charge in [0.15, 0.2) is 5.69 Å². The molecule has 1 heterocycles. The first-order chi connectivity index (χ1) is 9.74. The highest BCUT2D eigenvalue weighted by molar-refractivity contribution is 7.99. The van der Waals surface area contributed by atoms with Crippen LogP contribution in [-0.4, -0.2) is 39.7 Å². The van der Waals surface area contributed by atoms with Crippen molar-refractivity contribution in [1.82, 2.24) is 15.5 Å². The number of nitrogens with one attached hydrogen (secondary N) is 2. The van der Waals surface area contributed by atoms with E-state index in [4.69, 9.17) is 0 Å². The molecule has 110 valence electrons. The lowest BCUT2D eigenvalue weighted by Crippen LogP contribution is -2.39. The van der Waals surface area contributed by atoms with Crippen LogP contribution in [0.1, 0.15) is 43.6 Å². The molecular formula is C14H22N4OS. The van der Waals surface area contributed by atoms with Crippen LogP contribution in [0.4, 0.5) is 5.82 Å². The number of aromatic nitrogens is 2. The summed E-state index contributed by atoms with van der Waals surface area (Å²) in [6.07, 6.45) is 3.44. The molecule has 1 aliphatic rings. The van der Waals surface area contributed by atoms with E-state index in [1.54, 1.807) is 12.1 Å². The molecule has 0 aromatic carbocycles. The van der Waals surface area contributed by atoms with Gasteiger partial charge < -0.3 is 10.6 Å². The van der Waals surface area contributed by atoms with Crippen molar-refractivity contribution in [3.8, 4) is 0 Å². The average Bonchev–Trinajstić information content (AvgIpc) is 2.88. The van der Waals surface area contributed by atoms with Crippen LogP contribution >= 0.6 is 11.8 Å². The van der Waals surface area contributed by atoms with Crippen LogP contribution in [-0.2, 0) is 0 Å². The zero-order chi connectivity index (χ0) is 14.4. The van der Waals surface area contributed by atoms with E-state index >= 15 is 0 Å². The van der Waals surface area contributed by atoms with Gasteiger partial charge in [0, 0.05) is 17.8 Å². The SMILES string of the molecule is CCNc1ccc(C(=O)NC2CCCC2SCC)nn1. The van der Waals surface area contributed by atoms with Crippen LogP contribution in [0.3, 0.4) is 0 Å². The third-order valence-electron chi connectivity index (χ3n) is 3.40. The van der Waals surface area contributed by atoms with E-state index in [1.807, 2.05) is 18.7 Å². The minimum Gasteiger partial charge on any atom is -0.369 e. The van der Waals surface area contributed by atoms with Gasteiger partial charge in [-0.1, -0.05) is 13.3 Å². The van der Waals surface area contributed by atoms with Crippen molar-refractivity contribution in [2.75, 3.05) is 17.6 Å². The predicted octanol–water partition coefficient (Wildman–Crippen LogP) is 2.31. The van der Waals surface area contributed by atoms with Gasteiger partial charge in [0.1, 0.15) is 5.82 Å². The number of rotatable bonds is 6. The van der Waals surface area contributed by atoms with Crippen molar-refractivity contribution in [2.24, 2.45) is 0 Å². The second kappa shape index (κ2) is 7.47. The molecule has 0 spiro atoms. The first-order valence-electron chi connectivity index (χ1n) is 7.24. The molecule has 2 atom stereocenters. The van der Waals surface area contributed by atoms with E-state index in [9.17, 15) is 4.79 Å². The summed E-state index contributed by atoms with van der Waals surface area (Å²) in [5.41, 5.74) is 0.388. The van der Waals surface area contributed by atoms with Crippen molar-refractivity contribution in [3.63, 3.8) is 0 Å². The maximum absolute atomic E-state index is 12.2. The number of thioether (sulfide) groups is 1. The highest BCUT2D eigenvalue weighted by Crippen LogP contribution is 2.29. The van der Waals surface area contributed by atoms with Gasteiger partial charge in [-0.15, -0.1) is 10.2 Å². The lowest BCUT2D eigenvalue weighted by atomic mass is 10.2. The molecule has 1 amide bonds. The Hall–Kier alpha value is -1.30. The first kappa shape index (κ1) is 15.1. The lowest BCUT2D eigenvalue weighted by Gasteiger charge is -2.19. The molecule has 1 fully saturated rings. The van der Waals surface area contributed by atoms with Gasteiger partial charge in [-0.3, -0.25) is 4.79 Å². The van der Waals surface area contributed by atoms with E-state index in [0.717, 1.165) is 18.7 Å². The molecule has 1 aliphatic carbocycles. The number of hydrogen-bond acceptors (Lipinski definition) is 5. The molecule has 0 bridgehead atoms. The molecule has 20 heavy (non-hydrogen) atoms. The molecule has 0 saturated heterocycles. The third-order valence-corrected chi connectivity index (χ3v) is 4.73. The Kier molecular flexibility index (Phi) is 5.64. The fourth-order valence-electron chi connectivity index (χ4n) is 2.48. The van der Waals surface area contributed by atoms with Gasteiger partial charge in [-0.2, -0.15) is 11.8 Å². The van der Waals surface area contributed by atoms with Gasteiger partial charge in [0.25, 0.3) is 5.91 Å².